The molecule has 0 bridgehead atoms. The first-order valence-corrected chi connectivity index (χ1v) is 3.99. The lowest BCUT2D eigenvalue weighted by Crippen LogP contribution is -2.45. The van der Waals surface area contributed by atoms with Crippen LogP contribution in [0.25, 0.3) is 0 Å². The number of carbonyl (C=O) groups excluding carboxylic acids is 1. The number of nitrogens with one attached hydrogen (secondary N) is 1. The topological polar surface area (TPSA) is 61.7 Å². The Hall–Kier alpha value is -1.32. The number of aliphatic hydroxyl groups is 1. The predicted molar refractivity (Wildman–Crippen MR) is 43.9 cm³/mol. The van der Waals surface area contributed by atoms with Gasteiger partial charge in [0, 0.05) is 12.6 Å². The van der Waals surface area contributed by atoms with Crippen LogP contribution in [-0.4, -0.2) is 23.4 Å². The Morgan fingerprint density at radius 1 is 1.67 bits per heavy atom. The number of fused-ring (bicyclic) bond motifs is 1. The molecule has 2 atom stereocenters. The van der Waals surface area contributed by atoms with Crippen LogP contribution in [0.5, 0.6) is 0 Å². The molecule has 2 heterocycles. The van der Waals surface area contributed by atoms with E-state index in [2.05, 4.69) is 10.3 Å². The number of hydrogen-bond donors (Lipinski definition) is 2. The minimum Gasteiger partial charge on any atom is -0.512 e. The van der Waals surface area contributed by atoms with E-state index in [-0.39, 0.29) is 18.0 Å². The molecule has 2 N–H and O–H groups in total. The summed E-state index contributed by atoms with van der Waals surface area (Å²) < 4.78 is 0. The number of nitrogens with zero attached hydrogens (tertiary/aromatic N) is 1. The van der Waals surface area contributed by atoms with Gasteiger partial charge in [0.25, 0.3) is 0 Å². The SMILES string of the molecule is O=C1CCC2C(O)=CC=NC2N1. The van der Waals surface area contributed by atoms with Gasteiger partial charge in [0.1, 0.15) is 11.9 Å². The van der Waals surface area contributed by atoms with Gasteiger partial charge in [0.05, 0.1) is 5.92 Å². The summed E-state index contributed by atoms with van der Waals surface area (Å²) >= 11 is 0. The van der Waals surface area contributed by atoms with E-state index in [1.54, 1.807) is 6.08 Å². The van der Waals surface area contributed by atoms with Crippen LogP contribution in [0, 0.1) is 5.92 Å². The lowest BCUT2D eigenvalue weighted by atomic mass is 9.92. The van der Waals surface area contributed by atoms with Crippen LogP contribution in [-0.2, 0) is 4.79 Å². The Balaban J connectivity index is 2.18. The summed E-state index contributed by atoms with van der Waals surface area (Å²) in [6.45, 7) is 0. The third-order valence-electron chi connectivity index (χ3n) is 2.24. The number of aliphatic imine (C=N–C) groups is 1. The monoisotopic (exact) mass is 166 g/mol. The molecule has 4 nitrogen and oxygen atoms in total. The number of hydrogen-bond acceptors (Lipinski definition) is 3. The molecule has 0 radical (unpaired) electrons. The van der Waals surface area contributed by atoms with Crippen molar-refractivity contribution in [3.05, 3.63) is 11.8 Å². The second-order valence-corrected chi connectivity index (χ2v) is 3.05. The maximum atomic E-state index is 10.9. The molecule has 0 aliphatic carbocycles. The van der Waals surface area contributed by atoms with Gasteiger partial charge in [0.15, 0.2) is 0 Å². The van der Waals surface area contributed by atoms with Gasteiger partial charge >= 0.3 is 0 Å². The average molecular weight is 166 g/mol. The zero-order valence-corrected chi connectivity index (χ0v) is 6.53. The van der Waals surface area contributed by atoms with Crippen molar-refractivity contribution < 1.29 is 9.90 Å². The zero-order valence-electron chi connectivity index (χ0n) is 6.53. The third kappa shape index (κ3) is 1.09. The molecular weight excluding hydrogens is 156 g/mol. The molecule has 1 amide bonds. The van der Waals surface area contributed by atoms with Crippen LogP contribution in [0.3, 0.4) is 0 Å². The maximum absolute atomic E-state index is 10.9. The first kappa shape index (κ1) is 7.34. The van der Waals surface area contributed by atoms with Gasteiger partial charge < -0.3 is 10.4 Å². The van der Waals surface area contributed by atoms with Crippen molar-refractivity contribution in [2.45, 2.75) is 19.0 Å². The quantitative estimate of drug-likeness (QED) is 0.546. The molecule has 2 rings (SSSR count). The van der Waals surface area contributed by atoms with Crippen LogP contribution < -0.4 is 5.32 Å². The fourth-order valence-corrected chi connectivity index (χ4v) is 1.57. The Bertz CT molecular complexity index is 270. The van der Waals surface area contributed by atoms with E-state index in [0.29, 0.717) is 18.6 Å². The highest BCUT2D eigenvalue weighted by atomic mass is 16.3. The van der Waals surface area contributed by atoms with Crippen molar-refractivity contribution in [2.24, 2.45) is 10.9 Å². The van der Waals surface area contributed by atoms with Crippen LogP contribution in [0.15, 0.2) is 16.8 Å². The number of allylic oxidation sites excluding steroid dienone is 1. The third-order valence-corrected chi connectivity index (χ3v) is 2.24. The van der Waals surface area contributed by atoms with E-state index >= 15 is 0 Å². The molecule has 0 saturated carbocycles. The highest BCUT2D eigenvalue weighted by Crippen LogP contribution is 2.25. The predicted octanol–water partition coefficient (Wildman–Crippen LogP) is 0.365. The van der Waals surface area contributed by atoms with Gasteiger partial charge in [-0.2, -0.15) is 0 Å². The number of dihydropyridines is 1. The summed E-state index contributed by atoms with van der Waals surface area (Å²) in [5.41, 5.74) is 0. The molecule has 2 unspecified atom stereocenters. The number of rotatable bonds is 0. The second-order valence-electron chi connectivity index (χ2n) is 3.05. The molecule has 1 fully saturated rings. The summed E-state index contributed by atoms with van der Waals surface area (Å²) in [5.74, 6) is 0.339. The number of piperidine rings is 1. The lowest BCUT2D eigenvalue weighted by molar-refractivity contribution is -0.124. The molecule has 4 heteroatoms. The zero-order chi connectivity index (χ0) is 8.55. The van der Waals surface area contributed by atoms with E-state index in [1.807, 2.05) is 0 Å². The highest BCUT2D eigenvalue weighted by molar-refractivity contribution is 5.79. The molecule has 2 aliphatic rings. The van der Waals surface area contributed by atoms with Gasteiger partial charge in [-0.25, -0.2) is 0 Å². The minimum absolute atomic E-state index is 0.00676. The largest absolute Gasteiger partial charge is 0.512 e. The van der Waals surface area contributed by atoms with Crippen molar-refractivity contribution in [1.82, 2.24) is 5.32 Å². The molecule has 1 saturated heterocycles. The van der Waals surface area contributed by atoms with Crippen LogP contribution in [0.4, 0.5) is 0 Å². The van der Waals surface area contributed by atoms with E-state index in [4.69, 9.17) is 0 Å². The number of aliphatic hydroxyl groups excluding tert-OH is 1. The molecular formula is C8H10N2O2. The maximum Gasteiger partial charge on any atom is 0.221 e. The Labute approximate surface area is 70.0 Å². The Morgan fingerprint density at radius 2 is 2.50 bits per heavy atom. The molecule has 12 heavy (non-hydrogen) atoms. The van der Waals surface area contributed by atoms with Crippen LogP contribution in [0.1, 0.15) is 12.8 Å². The van der Waals surface area contributed by atoms with Crippen molar-refractivity contribution in [1.29, 1.82) is 0 Å². The summed E-state index contributed by atoms with van der Waals surface area (Å²) in [5, 5.41) is 12.1. The van der Waals surface area contributed by atoms with Crippen molar-refractivity contribution in [3.8, 4) is 0 Å². The summed E-state index contributed by atoms with van der Waals surface area (Å²) in [7, 11) is 0. The van der Waals surface area contributed by atoms with Gasteiger partial charge in [-0.05, 0) is 12.5 Å². The van der Waals surface area contributed by atoms with Crippen LogP contribution in [0.2, 0.25) is 0 Å². The van der Waals surface area contributed by atoms with Gasteiger partial charge in [-0.3, -0.25) is 9.79 Å². The van der Waals surface area contributed by atoms with E-state index in [9.17, 15) is 9.90 Å². The van der Waals surface area contributed by atoms with Gasteiger partial charge in [-0.1, -0.05) is 0 Å². The molecule has 0 spiro atoms. The molecule has 2 aliphatic heterocycles. The normalized spacial score (nSPS) is 33.7. The highest BCUT2D eigenvalue weighted by Gasteiger charge is 2.31. The fraction of sp³-hybridized carbons (Fsp3) is 0.500. The van der Waals surface area contributed by atoms with Crippen molar-refractivity contribution >= 4 is 12.1 Å². The van der Waals surface area contributed by atoms with Crippen molar-refractivity contribution in [2.75, 3.05) is 0 Å². The number of carbonyl (C=O) groups is 1. The summed E-state index contributed by atoms with van der Waals surface area (Å²) in [6.07, 6.45) is 4.04. The van der Waals surface area contributed by atoms with Gasteiger partial charge in [0.2, 0.25) is 5.91 Å². The van der Waals surface area contributed by atoms with Crippen LogP contribution >= 0.6 is 0 Å². The average Bonchev–Trinajstić information content (AvgIpc) is 2.04. The van der Waals surface area contributed by atoms with E-state index in [1.165, 1.54) is 6.21 Å². The lowest BCUT2D eigenvalue weighted by Gasteiger charge is -2.30. The second kappa shape index (κ2) is 2.62. The van der Waals surface area contributed by atoms with E-state index in [0.717, 1.165) is 0 Å². The Kier molecular flexibility index (Phi) is 1.60. The Morgan fingerprint density at radius 3 is 3.33 bits per heavy atom. The molecule has 0 aromatic rings. The van der Waals surface area contributed by atoms with Crippen molar-refractivity contribution in [3.63, 3.8) is 0 Å². The first-order chi connectivity index (χ1) is 5.77. The molecule has 64 valence electrons. The van der Waals surface area contributed by atoms with E-state index < -0.39 is 0 Å². The minimum atomic E-state index is -0.240. The fourth-order valence-electron chi connectivity index (χ4n) is 1.57. The molecule has 0 aromatic heterocycles. The van der Waals surface area contributed by atoms with Gasteiger partial charge in [-0.15, -0.1) is 0 Å². The number of amides is 1. The summed E-state index contributed by atoms with van der Waals surface area (Å²) in [4.78, 5) is 15.0. The first-order valence-electron chi connectivity index (χ1n) is 3.99. The molecule has 0 aromatic carbocycles. The summed E-state index contributed by atoms with van der Waals surface area (Å²) in [6, 6.07) is 0. The smallest absolute Gasteiger partial charge is 0.221 e. The standard InChI is InChI=1S/C8H10N2O2/c11-6-3-4-9-8-5(6)1-2-7(12)10-8/h3-5,8,11H,1-2H2,(H,10,12).